The fourth-order valence-electron chi connectivity index (χ4n) is 4.32. The van der Waals surface area contributed by atoms with E-state index < -0.39 is 11.6 Å². The molecule has 6 heteroatoms. The van der Waals surface area contributed by atoms with E-state index in [4.69, 9.17) is 4.74 Å². The maximum absolute atomic E-state index is 14.1. The van der Waals surface area contributed by atoms with E-state index in [2.05, 4.69) is 4.90 Å². The highest BCUT2D eigenvalue weighted by atomic mass is 19.1. The normalized spacial score (nSPS) is 14.8. The van der Waals surface area contributed by atoms with Crippen LogP contribution in [0.15, 0.2) is 66.7 Å². The van der Waals surface area contributed by atoms with Gasteiger partial charge in [-0.1, -0.05) is 29.8 Å². The van der Waals surface area contributed by atoms with Crippen molar-refractivity contribution in [1.82, 2.24) is 4.90 Å². The van der Waals surface area contributed by atoms with Gasteiger partial charge in [-0.05, 0) is 50.1 Å². The van der Waals surface area contributed by atoms with Gasteiger partial charge in [-0.2, -0.15) is 0 Å². The van der Waals surface area contributed by atoms with Crippen LogP contribution in [-0.2, 0) is 6.54 Å². The number of nitrogens with zero attached hydrogens (tertiary/aromatic N) is 2. The minimum atomic E-state index is -0.571. The highest BCUT2D eigenvalue weighted by molar-refractivity contribution is 6.06. The summed E-state index contributed by atoms with van der Waals surface area (Å²) in [6.45, 7) is 3.84. The molecule has 1 aliphatic rings. The lowest BCUT2D eigenvalue weighted by Crippen LogP contribution is -2.47. The van der Waals surface area contributed by atoms with Crippen molar-refractivity contribution in [2.45, 2.75) is 32.4 Å². The number of rotatable bonds is 6. The molecule has 3 aromatic carbocycles. The fraction of sp³-hybridized carbons (Fsp3) is 0.296. The number of aryl methyl sites for hydroxylation is 1. The standard InChI is InChI=1S/C27H28F2N2O2/c1-19-6-8-20(9-7-19)27(32)31(24-4-3-5-25(17-24)33-2)23-12-14-30(15-13-23)18-21-10-11-22(28)16-26(21)29/h3-11,16-17,23H,12-15,18H2,1-2H3. The van der Waals surface area contributed by atoms with E-state index in [0.717, 1.165) is 30.2 Å². The van der Waals surface area contributed by atoms with Crippen molar-refractivity contribution < 1.29 is 18.3 Å². The van der Waals surface area contributed by atoms with Crippen molar-refractivity contribution >= 4 is 11.6 Å². The maximum atomic E-state index is 14.1. The van der Waals surface area contributed by atoms with Crippen LogP contribution in [0.4, 0.5) is 14.5 Å². The van der Waals surface area contributed by atoms with Crippen LogP contribution in [0, 0.1) is 18.6 Å². The van der Waals surface area contributed by atoms with Crippen LogP contribution in [0.3, 0.4) is 0 Å². The number of piperidine rings is 1. The number of likely N-dealkylation sites (tertiary alicyclic amines) is 1. The number of hydrogen-bond donors (Lipinski definition) is 0. The van der Waals surface area contributed by atoms with Crippen molar-refractivity contribution in [3.63, 3.8) is 0 Å². The second-order valence-corrected chi connectivity index (χ2v) is 8.49. The minimum Gasteiger partial charge on any atom is -0.497 e. The van der Waals surface area contributed by atoms with Gasteiger partial charge in [0.2, 0.25) is 0 Å². The molecule has 4 nitrogen and oxygen atoms in total. The number of halogens is 2. The van der Waals surface area contributed by atoms with Crippen molar-refractivity contribution in [3.05, 3.63) is 95.1 Å². The van der Waals surface area contributed by atoms with E-state index in [1.807, 2.05) is 60.4 Å². The molecule has 0 saturated carbocycles. The Balaban J connectivity index is 1.53. The first kappa shape index (κ1) is 22.9. The molecule has 0 radical (unpaired) electrons. The van der Waals surface area contributed by atoms with Gasteiger partial charge in [-0.15, -0.1) is 0 Å². The van der Waals surface area contributed by atoms with E-state index in [-0.39, 0.29) is 11.9 Å². The summed E-state index contributed by atoms with van der Waals surface area (Å²) in [4.78, 5) is 17.6. The van der Waals surface area contributed by atoms with Crippen LogP contribution < -0.4 is 9.64 Å². The highest BCUT2D eigenvalue weighted by Crippen LogP contribution is 2.29. The Morgan fingerprint density at radius 3 is 2.42 bits per heavy atom. The number of carbonyl (C=O) groups is 1. The minimum absolute atomic E-state index is 0.000207. The Morgan fingerprint density at radius 1 is 1.03 bits per heavy atom. The summed E-state index contributed by atoms with van der Waals surface area (Å²) < 4.78 is 32.7. The molecule has 0 bridgehead atoms. The van der Waals surface area contributed by atoms with Crippen LogP contribution >= 0.6 is 0 Å². The number of amides is 1. The molecule has 1 amide bonds. The molecule has 0 aliphatic carbocycles. The molecule has 0 atom stereocenters. The lowest BCUT2D eigenvalue weighted by Gasteiger charge is -2.39. The van der Waals surface area contributed by atoms with Gasteiger partial charge >= 0.3 is 0 Å². The van der Waals surface area contributed by atoms with Gasteiger partial charge in [0, 0.05) is 54.6 Å². The zero-order valence-electron chi connectivity index (χ0n) is 18.9. The Bertz CT molecular complexity index is 1110. The lowest BCUT2D eigenvalue weighted by molar-refractivity contribution is 0.0958. The van der Waals surface area contributed by atoms with Crippen LogP contribution in [0.1, 0.15) is 34.3 Å². The molecule has 0 aromatic heterocycles. The predicted octanol–water partition coefficient (Wildman–Crippen LogP) is 5.59. The molecule has 1 saturated heterocycles. The molecular weight excluding hydrogens is 422 g/mol. The van der Waals surface area contributed by atoms with Crippen LogP contribution in [-0.4, -0.2) is 37.0 Å². The molecule has 3 aromatic rings. The SMILES string of the molecule is COc1cccc(N(C(=O)c2ccc(C)cc2)C2CCN(Cc3ccc(F)cc3F)CC2)c1. The summed E-state index contributed by atoms with van der Waals surface area (Å²) >= 11 is 0. The quantitative estimate of drug-likeness (QED) is 0.491. The first-order valence-electron chi connectivity index (χ1n) is 11.1. The Labute approximate surface area is 193 Å². The third-order valence-electron chi connectivity index (χ3n) is 6.18. The first-order valence-corrected chi connectivity index (χ1v) is 11.1. The predicted molar refractivity (Wildman–Crippen MR) is 126 cm³/mol. The van der Waals surface area contributed by atoms with Crippen LogP contribution in [0.25, 0.3) is 0 Å². The average Bonchev–Trinajstić information content (AvgIpc) is 2.82. The monoisotopic (exact) mass is 450 g/mol. The zero-order valence-corrected chi connectivity index (χ0v) is 18.9. The largest absolute Gasteiger partial charge is 0.497 e. The van der Waals surface area contributed by atoms with Gasteiger partial charge in [0.15, 0.2) is 0 Å². The van der Waals surface area contributed by atoms with Gasteiger partial charge in [0.05, 0.1) is 7.11 Å². The molecule has 1 heterocycles. The number of ether oxygens (including phenoxy) is 1. The molecule has 0 unspecified atom stereocenters. The Hall–Kier alpha value is -3.25. The van der Waals surface area contributed by atoms with Gasteiger partial charge in [0.1, 0.15) is 17.4 Å². The molecule has 0 spiro atoms. The summed E-state index contributed by atoms with van der Waals surface area (Å²) in [5.74, 6) is -0.451. The van der Waals surface area contributed by atoms with E-state index >= 15 is 0 Å². The lowest BCUT2D eigenvalue weighted by atomic mass is 9.99. The number of benzene rings is 3. The van der Waals surface area contributed by atoms with Gasteiger partial charge in [-0.25, -0.2) is 8.78 Å². The average molecular weight is 451 g/mol. The third-order valence-corrected chi connectivity index (χ3v) is 6.18. The number of carbonyl (C=O) groups excluding carboxylic acids is 1. The highest BCUT2D eigenvalue weighted by Gasteiger charge is 2.30. The number of methoxy groups -OCH3 is 1. The van der Waals surface area contributed by atoms with Gasteiger partial charge < -0.3 is 9.64 Å². The summed E-state index contributed by atoms with van der Waals surface area (Å²) in [5, 5.41) is 0. The third kappa shape index (κ3) is 5.40. The summed E-state index contributed by atoms with van der Waals surface area (Å²) in [5.41, 5.74) is 3.01. The van der Waals surface area contributed by atoms with E-state index in [9.17, 15) is 13.6 Å². The fourth-order valence-corrected chi connectivity index (χ4v) is 4.32. The second kappa shape index (κ2) is 10.1. The van der Waals surface area contributed by atoms with Crippen molar-refractivity contribution in [1.29, 1.82) is 0 Å². The van der Waals surface area contributed by atoms with E-state index in [1.54, 1.807) is 7.11 Å². The van der Waals surface area contributed by atoms with Gasteiger partial charge in [0.25, 0.3) is 5.91 Å². The summed E-state index contributed by atoms with van der Waals surface area (Å²) in [6.07, 6.45) is 1.50. The first-order chi connectivity index (χ1) is 15.9. The van der Waals surface area contributed by atoms with E-state index in [1.165, 1.54) is 12.1 Å². The summed E-state index contributed by atoms with van der Waals surface area (Å²) in [6, 6.07) is 18.9. The topological polar surface area (TPSA) is 32.8 Å². The molecule has 33 heavy (non-hydrogen) atoms. The van der Waals surface area contributed by atoms with Crippen LogP contribution in [0.5, 0.6) is 5.75 Å². The zero-order chi connectivity index (χ0) is 23.4. The Kier molecular flexibility index (Phi) is 7.04. The number of hydrogen-bond acceptors (Lipinski definition) is 3. The number of anilines is 1. The van der Waals surface area contributed by atoms with Crippen molar-refractivity contribution in [3.8, 4) is 5.75 Å². The molecule has 0 N–H and O–H groups in total. The summed E-state index contributed by atoms with van der Waals surface area (Å²) in [7, 11) is 1.61. The second-order valence-electron chi connectivity index (χ2n) is 8.49. The maximum Gasteiger partial charge on any atom is 0.258 e. The molecule has 172 valence electrons. The van der Waals surface area contributed by atoms with Crippen LogP contribution in [0.2, 0.25) is 0 Å². The van der Waals surface area contributed by atoms with Crippen molar-refractivity contribution in [2.75, 3.05) is 25.1 Å². The molecule has 1 fully saturated rings. The van der Waals surface area contributed by atoms with E-state index in [0.29, 0.717) is 36.5 Å². The molecular formula is C27H28F2N2O2. The smallest absolute Gasteiger partial charge is 0.258 e. The van der Waals surface area contributed by atoms with Crippen molar-refractivity contribution in [2.24, 2.45) is 0 Å². The van der Waals surface area contributed by atoms with Gasteiger partial charge in [-0.3, -0.25) is 9.69 Å². The molecule has 4 rings (SSSR count). The molecule has 1 aliphatic heterocycles. The Morgan fingerprint density at radius 2 is 1.76 bits per heavy atom.